The molecule has 0 saturated carbocycles. The zero-order valence-corrected chi connectivity index (χ0v) is 13.9. The molecule has 0 aliphatic rings. The minimum absolute atomic E-state index is 0.212. The van der Waals surface area contributed by atoms with Crippen molar-refractivity contribution in [1.82, 2.24) is 15.0 Å². The van der Waals surface area contributed by atoms with E-state index in [-0.39, 0.29) is 6.54 Å². The fourth-order valence-corrected chi connectivity index (χ4v) is 2.32. The number of nitrogens with one attached hydrogen (secondary N) is 2. The summed E-state index contributed by atoms with van der Waals surface area (Å²) in [6, 6.07) is 12.3. The molecule has 26 heavy (non-hydrogen) atoms. The molecule has 5 nitrogen and oxygen atoms in total. The highest BCUT2D eigenvalue weighted by atomic mass is 19.4. The van der Waals surface area contributed by atoms with Crippen LogP contribution in [0.1, 0.15) is 16.8 Å². The molecule has 0 bridgehead atoms. The summed E-state index contributed by atoms with van der Waals surface area (Å²) in [6.07, 6.45) is -2.72. The van der Waals surface area contributed by atoms with Crippen molar-refractivity contribution in [2.75, 3.05) is 10.6 Å². The average Bonchev–Trinajstić information content (AvgIpc) is 2.60. The summed E-state index contributed by atoms with van der Waals surface area (Å²) >= 11 is 0. The molecule has 0 aliphatic heterocycles. The van der Waals surface area contributed by atoms with Crippen LogP contribution in [0.4, 0.5) is 30.8 Å². The molecule has 134 valence electrons. The second-order valence-corrected chi connectivity index (χ2v) is 5.61. The number of aryl methyl sites for hydroxylation is 1. The van der Waals surface area contributed by atoms with Gasteiger partial charge in [-0.3, -0.25) is 0 Å². The van der Waals surface area contributed by atoms with Gasteiger partial charge in [-0.05, 0) is 36.8 Å². The van der Waals surface area contributed by atoms with Gasteiger partial charge in [-0.2, -0.15) is 18.2 Å². The zero-order valence-electron chi connectivity index (χ0n) is 13.9. The summed E-state index contributed by atoms with van der Waals surface area (Å²) in [5.74, 6) is 1.46. The van der Waals surface area contributed by atoms with Gasteiger partial charge in [0.2, 0.25) is 5.95 Å². The third kappa shape index (κ3) is 4.69. The summed E-state index contributed by atoms with van der Waals surface area (Å²) < 4.78 is 38.4. The van der Waals surface area contributed by atoms with Crippen LogP contribution in [0, 0.1) is 6.92 Å². The SMILES string of the molecule is Cc1cc(NCc2cccc(C(F)(F)F)c2)nc(Nc2ccccn2)n1. The zero-order chi connectivity index (χ0) is 18.6. The van der Waals surface area contributed by atoms with Gasteiger partial charge in [0.1, 0.15) is 11.6 Å². The van der Waals surface area contributed by atoms with Crippen LogP contribution in [0.2, 0.25) is 0 Å². The van der Waals surface area contributed by atoms with Crippen LogP contribution in [-0.4, -0.2) is 15.0 Å². The monoisotopic (exact) mass is 359 g/mol. The van der Waals surface area contributed by atoms with Gasteiger partial charge in [0.25, 0.3) is 0 Å². The van der Waals surface area contributed by atoms with Crippen molar-refractivity contribution in [3.8, 4) is 0 Å². The highest BCUT2D eigenvalue weighted by Gasteiger charge is 2.30. The van der Waals surface area contributed by atoms with Gasteiger partial charge < -0.3 is 10.6 Å². The fourth-order valence-electron chi connectivity index (χ4n) is 2.32. The molecule has 3 aromatic rings. The third-order valence-electron chi connectivity index (χ3n) is 3.49. The molecule has 0 spiro atoms. The maximum Gasteiger partial charge on any atom is 0.416 e. The first-order valence-corrected chi connectivity index (χ1v) is 7.84. The lowest BCUT2D eigenvalue weighted by Crippen LogP contribution is -2.08. The van der Waals surface area contributed by atoms with E-state index in [9.17, 15) is 13.2 Å². The number of nitrogens with zero attached hydrogens (tertiary/aromatic N) is 3. The van der Waals surface area contributed by atoms with Gasteiger partial charge in [-0.15, -0.1) is 0 Å². The smallest absolute Gasteiger partial charge is 0.366 e. The van der Waals surface area contributed by atoms with E-state index in [0.29, 0.717) is 28.8 Å². The molecule has 1 aromatic carbocycles. The summed E-state index contributed by atoms with van der Waals surface area (Å²) in [4.78, 5) is 12.7. The Morgan fingerprint density at radius 2 is 1.81 bits per heavy atom. The second kappa shape index (κ2) is 7.38. The van der Waals surface area contributed by atoms with E-state index in [1.165, 1.54) is 6.07 Å². The number of aromatic nitrogens is 3. The van der Waals surface area contributed by atoms with Crippen molar-refractivity contribution in [2.24, 2.45) is 0 Å². The fraction of sp³-hybridized carbons (Fsp3) is 0.167. The molecule has 0 unspecified atom stereocenters. The van der Waals surface area contributed by atoms with Crippen LogP contribution < -0.4 is 10.6 Å². The van der Waals surface area contributed by atoms with E-state index in [2.05, 4.69) is 25.6 Å². The van der Waals surface area contributed by atoms with Gasteiger partial charge in [0.15, 0.2) is 0 Å². The van der Waals surface area contributed by atoms with Crippen LogP contribution in [0.3, 0.4) is 0 Å². The molecule has 2 aromatic heterocycles. The summed E-state index contributed by atoms with van der Waals surface area (Å²) in [6.45, 7) is 2.02. The Bertz CT molecular complexity index is 881. The number of pyridine rings is 1. The molecule has 0 atom stereocenters. The van der Waals surface area contributed by atoms with E-state index >= 15 is 0 Å². The van der Waals surface area contributed by atoms with E-state index in [0.717, 1.165) is 12.1 Å². The molecular weight excluding hydrogens is 343 g/mol. The van der Waals surface area contributed by atoms with Crippen molar-refractivity contribution in [3.63, 3.8) is 0 Å². The Labute approximate surface area is 148 Å². The van der Waals surface area contributed by atoms with E-state index < -0.39 is 11.7 Å². The summed E-state index contributed by atoms with van der Waals surface area (Å²) in [5.41, 5.74) is 0.550. The van der Waals surface area contributed by atoms with Gasteiger partial charge in [0, 0.05) is 24.5 Å². The quantitative estimate of drug-likeness (QED) is 0.699. The van der Waals surface area contributed by atoms with Gasteiger partial charge in [0.05, 0.1) is 5.56 Å². The largest absolute Gasteiger partial charge is 0.416 e. The first-order chi connectivity index (χ1) is 12.4. The predicted molar refractivity (Wildman–Crippen MR) is 93.1 cm³/mol. The number of anilines is 3. The van der Waals surface area contributed by atoms with Gasteiger partial charge in [-0.1, -0.05) is 18.2 Å². The second-order valence-electron chi connectivity index (χ2n) is 5.61. The number of hydrogen-bond acceptors (Lipinski definition) is 5. The van der Waals surface area contributed by atoms with Crippen molar-refractivity contribution in [2.45, 2.75) is 19.6 Å². The van der Waals surface area contributed by atoms with Crippen molar-refractivity contribution >= 4 is 17.6 Å². The molecule has 2 heterocycles. The molecule has 0 saturated heterocycles. The van der Waals surface area contributed by atoms with E-state index in [4.69, 9.17) is 0 Å². The molecule has 8 heteroatoms. The number of benzene rings is 1. The van der Waals surface area contributed by atoms with Crippen molar-refractivity contribution in [1.29, 1.82) is 0 Å². The Morgan fingerprint density at radius 1 is 0.962 bits per heavy atom. The molecule has 2 N–H and O–H groups in total. The highest BCUT2D eigenvalue weighted by molar-refractivity contribution is 5.51. The third-order valence-corrected chi connectivity index (χ3v) is 3.49. The topological polar surface area (TPSA) is 62.7 Å². The Morgan fingerprint density at radius 3 is 2.54 bits per heavy atom. The van der Waals surface area contributed by atoms with Crippen molar-refractivity contribution in [3.05, 3.63) is 71.5 Å². The van der Waals surface area contributed by atoms with E-state index in [1.54, 1.807) is 37.4 Å². The lowest BCUT2D eigenvalue weighted by molar-refractivity contribution is -0.137. The number of halogens is 3. The average molecular weight is 359 g/mol. The summed E-state index contributed by atoms with van der Waals surface area (Å²) in [5, 5.41) is 6.02. The molecular formula is C18H16F3N5. The number of rotatable bonds is 5. The molecule has 0 radical (unpaired) electrons. The van der Waals surface area contributed by atoms with E-state index in [1.807, 2.05) is 6.07 Å². The molecule has 0 fully saturated rings. The van der Waals surface area contributed by atoms with Crippen LogP contribution in [-0.2, 0) is 12.7 Å². The minimum Gasteiger partial charge on any atom is -0.366 e. The Balaban J connectivity index is 1.72. The number of alkyl halides is 3. The lowest BCUT2D eigenvalue weighted by atomic mass is 10.1. The molecule has 3 rings (SSSR count). The van der Waals surface area contributed by atoms with Crippen LogP contribution >= 0.6 is 0 Å². The first-order valence-electron chi connectivity index (χ1n) is 7.84. The number of hydrogen-bond donors (Lipinski definition) is 2. The Kier molecular flexibility index (Phi) is 5.01. The van der Waals surface area contributed by atoms with Gasteiger partial charge in [-0.25, -0.2) is 9.97 Å². The maximum atomic E-state index is 12.8. The predicted octanol–water partition coefficient (Wildman–Crippen LogP) is 4.55. The maximum absolute atomic E-state index is 12.8. The normalized spacial score (nSPS) is 11.2. The van der Waals surface area contributed by atoms with Crippen LogP contribution in [0.15, 0.2) is 54.7 Å². The van der Waals surface area contributed by atoms with Crippen LogP contribution in [0.25, 0.3) is 0 Å². The Hall–Kier alpha value is -3.16. The lowest BCUT2D eigenvalue weighted by Gasteiger charge is -2.11. The standard InChI is InChI=1S/C18H16F3N5/c1-12-9-16(26-17(24-12)25-15-7-2-3-8-22-15)23-11-13-5-4-6-14(10-13)18(19,20)21/h2-10H,11H2,1H3,(H2,22,23,24,25,26). The summed E-state index contributed by atoms with van der Waals surface area (Å²) in [7, 11) is 0. The highest BCUT2D eigenvalue weighted by Crippen LogP contribution is 2.29. The molecule has 0 aliphatic carbocycles. The first kappa shape index (κ1) is 17.7. The molecule has 0 amide bonds. The van der Waals surface area contributed by atoms with Gasteiger partial charge >= 0.3 is 6.18 Å². The minimum atomic E-state index is -4.36. The van der Waals surface area contributed by atoms with Crippen molar-refractivity contribution < 1.29 is 13.2 Å². The van der Waals surface area contributed by atoms with Crippen LogP contribution in [0.5, 0.6) is 0 Å².